The molecule has 1 atom stereocenters. The van der Waals surface area contributed by atoms with Crippen molar-refractivity contribution in [2.45, 2.75) is 51.1 Å². The summed E-state index contributed by atoms with van der Waals surface area (Å²) in [5.41, 5.74) is 6.00. The predicted molar refractivity (Wildman–Crippen MR) is 145 cm³/mol. The Morgan fingerprint density at radius 1 is 1.00 bits per heavy atom. The number of hydrogen-bond acceptors (Lipinski definition) is 3. The van der Waals surface area contributed by atoms with Gasteiger partial charge >= 0.3 is 0 Å². The summed E-state index contributed by atoms with van der Waals surface area (Å²) in [5, 5.41) is 4.74. The first-order chi connectivity index (χ1) is 16.7. The largest absolute Gasteiger partial charge is 0.374 e. The van der Waals surface area contributed by atoms with Gasteiger partial charge in [-0.3, -0.25) is 9.69 Å². The minimum Gasteiger partial charge on any atom is -0.374 e. The van der Waals surface area contributed by atoms with Crippen LogP contribution in [0.2, 0.25) is 5.02 Å². The molecule has 0 bridgehead atoms. The number of nitrogens with one attached hydrogen (secondary N) is 1. The van der Waals surface area contributed by atoms with Crippen LogP contribution in [-0.4, -0.2) is 30.9 Å². The number of rotatable bonds is 5. The summed E-state index contributed by atoms with van der Waals surface area (Å²) in [7, 11) is 1.87. The van der Waals surface area contributed by atoms with E-state index in [4.69, 9.17) is 11.6 Å². The molecule has 1 unspecified atom stereocenters. The molecule has 35 heavy (non-hydrogen) atoms. The standard InChI is InChI=1S/C30H34ClN3O/c1-21-24(12-8-13-26(21)31)30(16-9-17-34(20-30)19-22-10-6-5-7-11-22)32-23-14-15-25-27(18-23)33(4)28(35)29(25,2)3/h5-8,10-15,18,32H,9,16-17,19-20H2,1-4H3. The minimum absolute atomic E-state index is 0.136. The first kappa shape index (κ1) is 23.9. The molecule has 4 nitrogen and oxygen atoms in total. The van der Waals surface area contributed by atoms with Crippen molar-refractivity contribution in [3.63, 3.8) is 0 Å². The lowest BCUT2D eigenvalue weighted by molar-refractivity contribution is -0.121. The maximum Gasteiger partial charge on any atom is 0.236 e. The zero-order valence-electron chi connectivity index (χ0n) is 21.1. The van der Waals surface area contributed by atoms with Crippen LogP contribution in [-0.2, 0) is 22.3 Å². The Kier molecular flexibility index (Phi) is 6.14. The molecule has 182 valence electrons. The number of piperidine rings is 1. The third-order valence-electron chi connectivity index (χ3n) is 7.86. The van der Waals surface area contributed by atoms with Crippen LogP contribution in [0.3, 0.4) is 0 Å². The van der Waals surface area contributed by atoms with Crippen molar-refractivity contribution in [1.29, 1.82) is 0 Å². The number of hydrogen-bond donors (Lipinski definition) is 1. The molecule has 0 aromatic heterocycles. The van der Waals surface area contributed by atoms with Crippen molar-refractivity contribution < 1.29 is 4.79 Å². The predicted octanol–water partition coefficient (Wildman–Crippen LogP) is 6.51. The van der Waals surface area contributed by atoms with Gasteiger partial charge < -0.3 is 10.2 Å². The number of likely N-dealkylation sites (tertiary alicyclic amines) is 1. The average Bonchev–Trinajstić information content (AvgIpc) is 3.01. The number of benzene rings is 3. The van der Waals surface area contributed by atoms with Gasteiger partial charge in [-0.05, 0) is 80.6 Å². The van der Waals surface area contributed by atoms with E-state index in [1.807, 2.05) is 27.0 Å². The second kappa shape index (κ2) is 9.00. The van der Waals surface area contributed by atoms with Crippen LogP contribution in [0, 0.1) is 6.92 Å². The summed E-state index contributed by atoms with van der Waals surface area (Å²) in [6.45, 7) is 8.98. The molecule has 2 heterocycles. The van der Waals surface area contributed by atoms with E-state index < -0.39 is 5.41 Å². The number of amides is 1. The summed E-state index contributed by atoms with van der Waals surface area (Å²) in [4.78, 5) is 17.2. The first-order valence-electron chi connectivity index (χ1n) is 12.4. The first-order valence-corrected chi connectivity index (χ1v) is 12.8. The Morgan fingerprint density at radius 2 is 1.77 bits per heavy atom. The molecule has 1 fully saturated rings. The number of fused-ring (bicyclic) bond motifs is 1. The Labute approximate surface area is 213 Å². The van der Waals surface area contributed by atoms with Gasteiger partial charge in [-0.2, -0.15) is 0 Å². The van der Waals surface area contributed by atoms with Crippen LogP contribution < -0.4 is 10.2 Å². The van der Waals surface area contributed by atoms with Gasteiger partial charge in [0.05, 0.1) is 11.0 Å². The second-order valence-electron chi connectivity index (χ2n) is 10.6. The fourth-order valence-electron chi connectivity index (χ4n) is 5.97. The highest BCUT2D eigenvalue weighted by molar-refractivity contribution is 6.31. The third-order valence-corrected chi connectivity index (χ3v) is 8.27. The summed E-state index contributed by atoms with van der Waals surface area (Å²) >= 11 is 6.62. The van der Waals surface area contributed by atoms with E-state index in [0.29, 0.717) is 0 Å². The molecule has 0 saturated carbocycles. The van der Waals surface area contributed by atoms with Gasteiger partial charge in [0.1, 0.15) is 0 Å². The number of carbonyl (C=O) groups is 1. The summed E-state index contributed by atoms with van der Waals surface area (Å²) in [5.74, 6) is 0.136. The molecule has 5 rings (SSSR count). The Morgan fingerprint density at radius 3 is 2.54 bits per heavy atom. The number of nitrogens with zero attached hydrogens (tertiary/aromatic N) is 2. The van der Waals surface area contributed by atoms with Crippen LogP contribution in [0.25, 0.3) is 0 Å². The highest BCUT2D eigenvalue weighted by Crippen LogP contribution is 2.44. The van der Waals surface area contributed by atoms with Gasteiger partial charge in [0, 0.05) is 36.5 Å². The Hall–Kier alpha value is -2.82. The molecular formula is C30H34ClN3O. The third kappa shape index (κ3) is 4.23. The van der Waals surface area contributed by atoms with Crippen molar-refractivity contribution in [2.24, 2.45) is 0 Å². The van der Waals surface area contributed by atoms with Gasteiger partial charge in [-0.15, -0.1) is 0 Å². The highest BCUT2D eigenvalue weighted by atomic mass is 35.5. The normalized spacial score (nSPS) is 21.7. The number of carbonyl (C=O) groups excluding carboxylic acids is 1. The molecule has 1 saturated heterocycles. The minimum atomic E-state index is -0.499. The average molecular weight is 488 g/mol. The fraction of sp³-hybridized carbons (Fsp3) is 0.367. The van der Waals surface area contributed by atoms with Crippen LogP contribution in [0.15, 0.2) is 66.7 Å². The molecule has 1 amide bonds. The summed E-state index contributed by atoms with van der Waals surface area (Å²) in [6.07, 6.45) is 2.10. The van der Waals surface area contributed by atoms with Crippen molar-refractivity contribution in [1.82, 2.24) is 4.90 Å². The molecular weight excluding hydrogens is 454 g/mol. The van der Waals surface area contributed by atoms with E-state index >= 15 is 0 Å². The van der Waals surface area contributed by atoms with Crippen molar-refractivity contribution >= 4 is 28.9 Å². The second-order valence-corrected chi connectivity index (χ2v) is 11.0. The molecule has 2 aliphatic heterocycles. The number of anilines is 2. The molecule has 3 aromatic rings. The molecule has 0 radical (unpaired) electrons. The number of likely N-dealkylation sites (N-methyl/N-ethyl adjacent to an activating group) is 1. The summed E-state index contributed by atoms with van der Waals surface area (Å²) < 4.78 is 0. The van der Waals surface area contributed by atoms with Crippen molar-refractivity contribution in [2.75, 3.05) is 30.4 Å². The SMILES string of the molecule is Cc1c(Cl)cccc1C1(Nc2ccc3c(c2)N(C)C(=O)C3(C)C)CCCN(Cc2ccccc2)C1. The molecule has 0 spiro atoms. The van der Waals surface area contributed by atoms with E-state index in [1.54, 1.807) is 4.90 Å². The summed E-state index contributed by atoms with van der Waals surface area (Å²) in [6, 6.07) is 23.3. The monoisotopic (exact) mass is 487 g/mol. The zero-order valence-corrected chi connectivity index (χ0v) is 21.8. The quantitative estimate of drug-likeness (QED) is 0.445. The molecule has 5 heteroatoms. The van der Waals surface area contributed by atoms with Crippen LogP contribution in [0.4, 0.5) is 11.4 Å². The lowest BCUT2D eigenvalue weighted by atomic mass is 9.79. The van der Waals surface area contributed by atoms with E-state index in [1.165, 1.54) is 11.1 Å². The van der Waals surface area contributed by atoms with Gasteiger partial charge in [-0.1, -0.05) is 60.1 Å². The maximum atomic E-state index is 12.9. The van der Waals surface area contributed by atoms with E-state index in [-0.39, 0.29) is 11.4 Å². The maximum absolute atomic E-state index is 12.9. The number of halogens is 1. The lowest BCUT2D eigenvalue weighted by Crippen LogP contribution is -2.50. The van der Waals surface area contributed by atoms with Crippen LogP contribution in [0.1, 0.15) is 48.9 Å². The van der Waals surface area contributed by atoms with Gasteiger partial charge in [0.2, 0.25) is 5.91 Å². The molecule has 2 aliphatic rings. The van der Waals surface area contributed by atoms with Crippen LogP contribution >= 0.6 is 11.6 Å². The van der Waals surface area contributed by atoms with Crippen molar-refractivity contribution in [3.05, 3.63) is 94.0 Å². The Balaban J connectivity index is 1.53. The zero-order chi connectivity index (χ0) is 24.8. The molecule has 1 N–H and O–H groups in total. The van der Waals surface area contributed by atoms with E-state index in [0.717, 1.165) is 60.0 Å². The molecule has 3 aromatic carbocycles. The Bertz CT molecular complexity index is 1260. The molecule has 0 aliphatic carbocycles. The van der Waals surface area contributed by atoms with E-state index in [2.05, 4.69) is 77.8 Å². The van der Waals surface area contributed by atoms with Gasteiger partial charge in [0.25, 0.3) is 0 Å². The van der Waals surface area contributed by atoms with E-state index in [9.17, 15) is 4.79 Å². The lowest BCUT2D eigenvalue weighted by Gasteiger charge is -2.45. The van der Waals surface area contributed by atoms with Crippen LogP contribution in [0.5, 0.6) is 0 Å². The fourth-order valence-corrected chi connectivity index (χ4v) is 6.15. The highest BCUT2D eigenvalue weighted by Gasteiger charge is 2.43. The van der Waals surface area contributed by atoms with Crippen molar-refractivity contribution in [3.8, 4) is 0 Å². The topological polar surface area (TPSA) is 35.6 Å². The van der Waals surface area contributed by atoms with Gasteiger partial charge in [-0.25, -0.2) is 0 Å². The smallest absolute Gasteiger partial charge is 0.236 e. The van der Waals surface area contributed by atoms with Gasteiger partial charge in [0.15, 0.2) is 0 Å².